The molecular weight excluding hydrogens is 446 g/mol. The fourth-order valence-corrected chi connectivity index (χ4v) is 3.99. The molecule has 170 valence electrons. The van der Waals surface area contributed by atoms with Crippen LogP contribution in [0.4, 0.5) is 11.4 Å². The minimum Gasteiger partial charge on any atom is -0.462 e. The van der Waals surface area contributed by atoms with E-state index in [1.807, 2.05) is 4.90 Å². The second-order valence-corrected chi connectivity index (χ2v) is 7.99. The van der Waals surface area contributed by atoms with Gasteiger partial charge in [0.05, 0.1) is 17.9 Å². The van der Waals surface area contributed by atoms with Crippen LogP contribution < -0.4 is 10.2 Å². The third kappa shape index (κ3) is 4.47. The van der Waals surface area contributed by atoms with Crippen LogP contribution in [0.15, 0.2) is 59.3 Å². The van der Waals surface area contributed by atoms with E-state index >= 15 is 0 Å². The van der Waals surface area contributed by atoms with Gasteiger partial charge in [-0.2, -0.15) is 0 Å². The Morgan fingerprint density at radius 1 is 1.00 bits per heavy atom. The molecule has 2 aliphatic heterocycles. The molecule has 0 radical (unpaired) electrons. The lowest BCUT2D eigenvalue weighted by Crippen LogP contribution is -2.32. The van der Waals surface area contributed by atoms with Crippen LogP contribution >= 0.6 is 11.6 Å². The highest BCUT2D eigenvalue weighted by Gasteiger charge is 2.39. The number of hydrogen-bond acceptors (Lipinski definition) is 6. The fourth-order valence-electron chi connectivity index (χ4n) is 3.78. The van der Waals surface area contributed by atoms with Crippen LogP contribution in [0.3, 0.4) is 0 Å². The summed E-state index contributed by atoms with van der Waals surface area (Å²) in [6, 6.07) is 12.7. The Morgan fingerprint density at radius 3 is 2.36 bits per heavy atom. The van der Waals surface area contributed by atoms with E-state index in [9.17, 15) is 19.2 Å². The first kappa shape index (κ1) is 22.5. The van der Waals surface area contributed by atoms with Crippen molar-refractivity contribution in [2.75, 3.05) is 29.9 Å². The number of amides is 3. The summed E-state index contributed by atoms with van der Waals surface area (Å²) in [6.07, 6.45) is 2.01. The number of nitrogens with one attached hydrogen (secondary N) is 1. The number of imide groups is 1. The van der Waals surface area contributed by atoms with Gasteiger partial charge in [0.15, 0.2) is 0 Å². The summed E-state index contributed by atoms with van der Waals surface area (Å²) >= 11 is 6.19. The molecule has 8 nitrogen and oxygen atoms in total. The SMILES string of the molecule is CCOC(=O)c1cccc(N2C(=O)C(Cl)=C(Nc3ccc(C(=O)N4CCCC4)cc3)C2=O)c1. The smallest absolute Gasteiger partial charge is 0.338 e. The highest BCUT2D eigenvalue weighted by Crippen LogP contribution is 2.31. The average molecular weight is 468 g/mol. The number of likely N-dealkylation sites (tertiary alicyclic amines) is 1. The first-order valence-corrected chi connectivity index (χ1v) is 11.0. The number of carbonyl (C=O) groups excluding carboxylic acids is 4. The van der Waals surface area contributed by atoms with Crippen molar-refractivity contribution in [1.29, 1.82) is 0 Å². The number of carbonyl (C=O) groups is 4. The Balaban J connectivity index is 1.51. The van der Waals surface area contributed by atoms with Crippen molar-refractivity contribution in [3.05, 3.63) is 70.4 Å². The highest BCUT2D eigenvalue weighted by molar-refractivity contribution is 6.53. The Morgan fingerprint density at radius 2 is 1.70 bits per heavy atom. The van der Waals surface area contributed by atoms with Gasteiger partial charge in [-0.25, -0.2) is 9.69 Å². The van der Waals surface area contributed by atoms with E-state index in [2.05, 4.69) is 5.32 Å². The molecule has 9 heteroatoms. The van der Waals surface area contributed by atoms with Gasteiger partial charge in [0.1, 0.15) is 10.7 Å². The molecule has 2 heterocycles. The number of anilines is 2. The summed E-state index contributed by atoms with van der Waals surface area (Å²) < 4.78 is 4.98. The maximum Gasteiger partial charge on any atom is 0.338 e. The molecule has 0 saturated carbocycles. The molecule has 1 N–H and O–H groups in total. The number of esters is 1. The summed E-state index contributed by atoms with van der Waals surface area (Å²) in [4.78, 5) is 53.0. The van der Waals surface area contributed by atoms with E-state index in [1.54, 1.807) is 37.3 Å². The maximum atomic E-state index is 13.0. The quantitative estimate of drug-likeness (QED) is 0.515. The van der Waals surface area contributed by atoms with Crippen LogP contribution in [0.5, 0.6) is 0 Å². The van der Waals surface area contributed by atoms with Crippen molar-refractivity contribution in [2.45, 2.75) is 19.8 Å². The van der Waals surface area contributed by atoms with Crippen molar-refractivity contribution in [3.8, 4) is 0 Å². The molecule has 0 atom stereocenters. The second-order valence-electron chi connectivity index (χ2n) is 7.61. The minimum absolute atomic E-state index is 0.0314. The summed E-state index contributed by atoms with van der Waals surface area (Å²) in [6.45, 7) is 3.40. The lowest BCUT2D eigenvalue weighted by Gasteiger charge is -2.16. The zero-order chi connectivity index (χ0) is 23.5. The molecule has 0 aromatic heterocycles. The van der Waals surface area contributed by atoms with Gasteiger partial charge in [-0.05, 0) is 62.2 Å². The van der Waals surface area contributed by atoms with Gasteiger partial charge in [0, 0.05) is 24.3 Å². The zero-order valence-corrected chi connectivity index (χ0v) is 18.7. The number of halogens is 1. The third-order valence-electron chi connectivity index (χ3n) is 5.44. The molecule has 2 aromatic rings. The van der Waals surface area contributed by atoms with Gasteiger partial charge in [0.2, 0.25) is 0 Å². The van der Waals surface area contributed by atoms with Crippen molar-refractivity contribution in [1.82, 2.24) is 4.90 Å². The van der Waals surface area contributed by atoms with Gasteiger partial charge in [-0.15, -0.1) is 0 Å². The Hall–Kier alpha value is -3.65. The molecule has 33 heavy (non-hydrogen) atoms. The van der Waals surface area contributed by atoms with Crippen LogP contribution in [-0.4, -0.2) is 48.3 Å². The summed E-state index contributed by atoms with van der Waals surface area (Å²) in [5, 5.41) is 2.62. The average Bonchev–Trinajstić information content (AvgIpc) is 3.43. The molecule has 3 amide bonds. The van der Waals surface area contributed by atoms with E-state index in [1.165, 1.54) is 18.2 Å². The standard InChI is InChI=1S/C24H22ClN3O5/c1-2-33-24(32)16-6-5-7-18(14-16)28-22(30)19(25)20(23(28)31)26-17-10-8-15(9-11-17)21(29)27-12-3-4-13-27/h5-11,14,26H,2-4,12-13H2,1H3. The lowest BCUT2D eigenvalue weighted by atomic mass is 10.1. The van der Waals surface area contributed by atoms with E-state index in [4.69, 9.17) is 16.3 Å². The van der Waals surface area contributed by atoms with Crippen LogP contribution in [0, 0.1) is 0 Å². The predicted molar refractivity (Wildman–Crippen MR) is 123 cm³/mol. The molecule has 1 saturated heterocycles. The van der Waals surface area contributed by atoms with Crippen molar-refractivity contribution < 1.29 is 23.9 Å². The van der Waals surface area contributed by atoms with Gasteiger partial charge in [-0.1, -0.05) is 17.7 Å². The second kappa shape index (κ2) is 9.46. The van der Waals surface area contributed by atoms with E-state index < -0.39 is 17.8 Å². The fraction of sp³-hybridized carbons (Fsp3) is 0.250. The Labute approximate surface area is 195 Å². The summed E-state index contributed by atoms with van der Waals surface area (Å²) in [5.74, 6) is -1.94. The van der Waals surface area contributed by atoms with Crippen LogP contribution in [-0.2, 0) is 14.3 Å². The Kier molecular flexibility index (Phi) is 6.46. The molecule has 0 bridgehead atoms. The van der Waals surface area contributed by atoms with Gasteiger partial charge >= 0.3 is 5.97 Å². The first-order chi connectivity index (χ1) is 15.9. The molecule has 0 aliphatic carbocycles. The molecule has 2 aliphatic rings. The van der Waals surface area contributed by atoms with Crippen molar-refractivity contribution >= 4 is 46.7 Å². The first-order valence-electron chi connectivity index (χ1n) is 10.6. The van der Waals surface area contributed by atoms with Crippen LogP contribution in [0.25, 0.3) is 0 Å². The number of nitrogens with zero attached hydrogens (tertiary/aromatic N) is 2. The molecule has 4 rings (SSSR count). The molecule has 0 unspecified atom stereocenters. The topological polar surface area (TPSA) is 96.0 Å². The summed E-state index contributed by atoms with van der Waals surface area (Å²) in [7, 11) is 0. The molecular formula is C24H22ClN3O5. The predicted octanol–water partition coefficient (Wildman–Crippen LogP) is 3.54. The largest absolute Gasteiger partial charge is 0.462 e. The van der Waals surface area contributed by atoms with Crippen LogP contribution in [0.2, 0.25) is 0 Å². The highest BCUT2D eigenvalue weighted by atomic mass is 35.5. The third-order valence-corrected chi connectivity index (χ3v) is 5.79. The van der Waals surface area contributed by atoms with Crippen LogP contribution in [0.1, 0.15) is 40.5 Å². The summed E-state index contributed by atoms with van der Waals surface area (Å²) in [5.41, 5.74) is 1.39. The molecule has 1 fully saturated rings. The maximum absolute atomic E-state index is 13.0. The monoisotopic (exact) mass is 467 g/mol. The number of benzene rings is 2. The van der Waals surface area contributed by atoms with Crippen molar-refractivity contribution in [3.63, 3.8) is 0 Å². The molecule has 0 spiro atoms. The van der Waals surface area contributed by atoms with E-state index in [0.717, 1.165) is 30.8 Å². The normalized spacial score (nSPS) is 15.9. The van der Waals surface area contributed by atoms with Crippen molar-refractivity contribution in [2.24, 2.45) is 0 Å². The van der Waals surface area contributed by atoms with Gasteiger partial charge < -0.3 is 15.0 Å². The lowest BCUT2D eigenvalue weighted by molar-refractivity contribution is -0.120. The number of hydrogen-bond donors (Lipinski definition) is 1. The number of rotatable bonds is 6. The minimum atomic E-state index is -0.703. The molecule has 2 aromatic carbocycles. The van der Waals surface area contributed by atoms with Gasteiger partial charge in [0.25, 0.3) is 17.7 Å². The Bertz CT molecular complexity index is 1150. The van der Waals surface area contributed by atoms with Gasteiger partial charge in [-0.3, -0.25) is 14.4 Å². The van der Waals surface area contributed by atoms with E-state index in [0.29, 0.717) is 11.3 Å². The van der Waals surface area contributed by atoms with E-state index in [-0.39, 0.29) is 34.5 Å². The zero-order valence-electron chi connectivity index (χ0n) is 18.0. The number of ether oxygens (including phenoxy) is 1.